The molecule has 1 atom stereocenters. The zero-order chi connectivity index (χ0) is 13.7. The molecule has 19 heavy (non-hydrogen) atoms. The number of benzene rings is 1. The van der Waals surface area contributed by atoms with Crippen molar-refractivity contribution in [3.8, 4) is 0 Å². The van der Waals surface area contributed by atoms with Gasteiger partial charge in [-0.1, -0.05) is 24.3 Å². The van der Waals surface area contributed by atoms with E-state index in [-0.39, 0.29) is 5.75 Å². The van der Waals surface area contributed by atoms with Crippen molar-refractivity contribution in [3.05, 3.63) is 35.4 Å². The molecular weight excluding hydrogens is 280 g/mol. The third kappa shape index (κ3) is 4.80. The number of thioether (sulfide) groups is 1. The highest BCUT2D eigenvalue weighted by Gasteiger charge is 2.19. The lowest BCUT2D eigenvalue weighted by molar-refractivity contribution is 0.545. The minimum Gasteiger partial charge on any atom is -0.326 e. The van der Waals surface area contributed by atoms with Crippen LogP contribution in [0.1, 0.15) is 17.5 Å². The summed E-state index contributed by atoms with van der Waals surface area (Å²) in [5.74, 6) is 2.71. The molecule has 0 spiro atoms. The van der Waals surface area contributed by atoms with Gasteiger partial charge >= 0.3 is 0 Å². The molecule has 106 valence electrons. The minimum atomic E-state index is -3.25. The molecule has 1 unspecified atom stereocenters. The van der Waals surface area contributed by atoms with Crippen molar-refractivity contribution < 1.29 is 8.42 Å². The van der Waals surface area contributed by atoms with Crippen molar-refractivity contribution in [1.82, 2.24) is 4.72 Å². The zero-order valence-electron chi connectivity index (χ0n) is 10.8. The molecule has 0 aromatic heterocycles. The van der Waals surface area contributed by atoms with E-state index in [1.54, 1.807) is 0 Å². The van der Waals surface area contributed by atoms with E-state index in [9.17, 15) is 8.42 Å². The predicted octanol–water partition coefficient (Wildman–Crippen LogP) is 1.32. The quantitative estimate of drug-likeness (QED) is 0.831. The van der Waals surface area contributed by atoms with E-state index in [0.29, 0.717) is 19.0 Å². The van der Waals surface area contributed by atoms with E-state index in [1.807, 2.05) is 36.0 Å². The maximum Gasteiger partial charge on any atom is 0.215 e. The van der Waals surface area contributed by atoms with Gasteiger partial charge in [0.15, 0.2) is 0 Å². The Kier molecular flexibility index (Phi) is 5.27. The molecular formula is C13H20N2O2S2. The molecule has 0 aliphatic carbocycles. The second kappa shape index (κ2) is 6.74. The summed E-state index contributed by atoms with van der Waals surface area (Å²) in [7, 11) is -3.25. The monoisotopic (exact) mass is 300 g/mol. The van der Waals surface area contributed by atoms with E-state index in [1.165, 1.54) is 0 Å². The first-order chi connectivity index (χ1) is 9.09. The molecule has 1 aliphatic heterocycles. The maximum atomic E-state index is 12.0. The highest BCUT2D eigenvalue weighted by Crippen LogP contribution is 2.22. The number of nitrogens with one attached hydrogen (secondary N) is 1. The average Bonchev–Trinajstić information content (AvgIpc) is 2.89. The third-order valence-corrected chi connectivity index (χ3v) is 5.75. The number of rotatable bonds is 6. The second-order valence-corrected chi connectivity index (χ2v) is 7.82. The molecule has 3 N–H and O–H groups in total. The molecule has 1 heterocycles. The standard InChI is InChI=1S/C13H20N2O2S2/c14-7-11-2-1-3-12(6-11)10-19(16,17)15-8-13-4-5-18-9-13/h1-3,6,13,15H,4-5,7-10,14H2. The molecule has 1 aromatic rings. The molecule has 2 rings (SSSR count). The van der Waals surface area contributed by atoms with E-state index in [4.69, 9.17) is 5.73 Å². The molecule has 1 fully saturated rings. The molecule has 0 saturated carbocycles. The Balaban J connectivity index is 1.91. The molecule has 1 saturated heterocycles. The minimum absolute atomic E-state index is 0.0285. The fourth-order valence-electron chi connectivity index (χ4n) is 2.11. The van der Waals surface area contributed by atoms with Crippen LogP contribution in [0, 0.1) is 5.92 Å². The number of nitrogens with two attached hydrogens (primary N) is 1. The van der Waals surface area contributed by atoms with Crippen LogP contribution >= 0.6 is 11.8 Å². The maximum absolute atomic E-state index is 12.0. The third-order valence-electron chi connectivity index (χ3n) is 3.20. The van der Waals surface area contributed by atoms with E-state index in [0.717, 1.165) is 29.1 Å². The van der Waals surface area contributed by atoms with Crippen molar-refractivity contribution in [2.45, 2.75) is 18.7 Å². The van der Waals surface area contributed by atoms with Crippen molar-refractivity contribution in [1.29, 1.82) is 0 Å². The van der Waals surface area contributed by atoms with Gasteiger partial charge in [0.1, 0.15) is 0 Å². The van der Waals surface area contributed by atoms with Gasteiger partial charge in [-0.2, -0.15) is 11.8 Å². The average molecular weight is 300 g/mol. The first-order valence-corrected chi connectivity index (χ1v) is 9.23. The molecule has 0 radical (unpaired) electrons. The lowest BCUT2D eigenvalue weighted by Crippen LogP contribution is -2.30. The van der Waals surface area contributed by atoms with Gasteiger partial charge < -0.3 is 5.73 Å². The van der Waals surface area contributed by atoms with Crippen LogP contribution in [0.3, 0.4) is 0 Å². The fraction of sp³-hybridized carbons (Fsp3) is 0.538. The van der Waals surface area contributed by atoms with Crippen LogP contribution in [0.5, 0.6) is 0 Å². The molecule has 0 amide bonds. The lowest BCUT2D eigenvalue weighted by atomic mass is 10.1. The lowest BCUT2D eigenvalue weighted by Gasteiger charge is -2.11. The highest BCUT2D eigenvalue weighted by molar-refractivity contribution is 7.99. The predicted molar refractivity (Wildman–Crippen MR) is 80.4 cm³/mol. The summed E-state index contributed by atoms with van der Waals surface area (Å²) >= 11 is 1.89. The van der Waals surface area contributed by atoms with Crippen LogP contribution in [0.25, 0.3) is 0 Å². The fourth-order valence-corrected chi connectivity index (χ4v) is 4.60. The molecule has 0 bridgehead atoms. The van der Waals surface area contributed by atoms with Gasteiger partial charge in [0.25, 0.3) is 0 Å². The van der Waals surface area contributed by atoms with Crippen LogP contribution < -0.4 is 10.5 Å². The Labute approximate surface area is 119 Å². The van der Waals surface area contributed by atoms with Crippen LogP contribution in [-0.4, -0.2) is 26.5 Å². The van der Waals surface area contributed by atoms with Gasteiger partial charge in [-0.25, -0.2) is 13.1 Å². The van der Waals surface area contributed by atoms with Crippen molar-refractivity contribution in [2.24, 2.45) is 11.7 Å². The molecule has 6 heteroatoms. The normalized spacial score (nSPS) is 19.7. The number of sulfonamides is 1. The summed E-state index contributed by atoms with van der Waals surface area (Å²) in [6.07, 6.45) is 1.11. The van der Waals surface area contributed by atoms with Crippen molar-refractivity contribution >= 4 is 21.8 Å². The van der Waals surface area contributed by atoms with Gasteiger partial charge in [0, 0.05) is 13.1 Å². The van der Waals surface area contributed by atoms with E-state index >= 15 is 0 Å². The molecule has 1 aromatic carbocycles. The summed E-state index contributed by atoms with van der Waals surface area (Å²) < 4.78 is 26.7. The van der Waals surface area contributed by atoms with E-state index < -0.39 is 10.0 Å². The van der Waals surface area contributed by atoms with Crippen LogP contribution in [0.15, 0.2) is 24.3 Å². The van der Waals surface area contributed by atoms with Gasteiger partial charge in [-0.3, -0.25) is 0 Å². The Morgan fingerprint density at radius 1 is 1.37 bits per heavy atom. The smallest absolute Gasteiger partial charge is 0.215 e. The summed E-state index contributed by atoms with van der Waals surface area (Å²) in [6.45, 7) is 0.993. The molecule has 1 aliphatic rings. The first-order valence-electron chi connectivity index (χ1n) is 6.42. The van der Waals surface area contributed by atoms with Crippen LogP contribution in [-0.2, 0) is 22.3 Å². The Morgan fingerprint density at radius 3 is 2.84 bits per heavy atom. The van der Waals surface area contributed by atoms with Crippen LogP contribution in [0.2, 0.25) is 0 Å². The van der Waals surface area contributed by atoms with Gasteiger partial charge in [0.2, 0.25) is 10.0 Å². The largest absolute Gasteiger partial charge is 0.326 e. The Bertz CT molecular complexity index is 511. The number of hydrogen-bond donors (Lipinski definition) is 2. The number of hydrogen-bond acceptors (Lipinski definition) is 4. The second-order valence-electron chi connectivity index (χ2n) is 4.86. The van der Waals surface area contributed by atoms with Gasteiger partial charge in [-0.15, -0.1) is 0 Å². The van der Waals surface area contributed by atoms with Gasteiger partial charge in [0.05, 0.1) is 5.75 Å². The summed E-state index contributed by atoms with van der Waals surface area (Å²) in [4.78, 5) is 0. The van der Waals surface area contributed by atoms with Gasteiger partial charge in [-0.05, 0) is 35.0 Å². The Hall–Kier alpha value is -0.560. The summed E-state index contributed by atoms with van der Waals surface area (Å²) in [5, 5.41) is 0. The van der Waals surface area contributed by atoms with Crippen molar-refractivity contribution in [3.63, 3.8) is 0 Å². The summed E-state index contributed by atoms with van der Waals surface area (Å²) in [6, 6.07) is 7.43. The first kappa shape index (κ1) is 14.8. The van der Waals surface area contributed by atoms with E-state index in [2.05, 4.69) is 4.72 Å². The Morgan fingerprint density at radius 2 is 2.16 bits per heavy atom. The van der Waals surface area contributed by atoms with Crippen molar-refractivity contribution in [2.75, 3.05) is 18.1 Å². The zero-order valence-corrected chi connectivity index (χ0v) is 12.5. The van der Waals surface area contributed by atoms with Crippen LogP contribution in [0.4, 0.5) is 0 Å². The summed E-state index contributed by atoms with van der Waals surface area (Å²) in [5.41, 5.74) is 7.30. The SMILES string of the molecule is NCc1cccc(CS(=O)(=O)NCC2CCSC2)c1. The molecule has 4 nitrogen and oxygen atoms in total. The highest BCUT2D eigenvalue weighted by atomic mass is 32.2. The topological polar surface area (TPSA) is 72.2 Å².